The molecule has 0 N–H and O–H groups in total. The van der Waals surface area contributed by atoms with Crippen molar-refractivity contribution in [3.8, 4) is 5.75 Å². The van der Waals surface area contributed by atoms with E-state index in [9.17, 15) is 9.59 Å². The van der Waals surface area contributed by atoms with E-state index in [1.54, 1.807) is 25.3 Å². The molecule has 3 heterocycles. The zero-order valence-corrected chi connectivity index (χ0v) is 25.3. The third-order valence-corrected chi connectivity index (χ3v) is 8.69. The van der Waals surface area contributed by atoms with Crippen LogP contribution in [0, 0.1) is 0 Å². The molecule has 216 valence electrons. The summed E-state index contributed by atoms with van der Waals surface area (Å²) in [6, 6.07) is 16.7. The van der Waals surface area contributed by atoms with E-state index >= 15 is 0 Å². The maximum Gasteiger partial charge on any atom is 0.254 e. The summed E-state index contributed by atoms with van der Waals surface area (Å²) in [5, 5.41) is 1.50. The van der Waals surface area contributed by atoms with Gasteiger partial charge in [-0.15, -0.1) is 0 Å². The number of anilines is 2. The lowest BCUT2D eigenvalue weighted by molar-refractivity contribution is -0.128. The summed E-state index contributed by atoms with van der Waals surface area (Å²) < 4.78 is 5.27. The Labute approximate surface area is 254 Å². The van der Waals surface area contributed by atoms with Crippen LogP contribution in [0.1, 0.15) is 17.3 Å². The van der Waals surface area contributed by atoms with Gasteiger partial charge in [-0.2, -0.15) is 0 Å². The van der Waals surface area contributed by atoms with Crippen molar-refractivity contribution in [1.29, 1.82) is 0 Å². The highest BCUT2D eigenvalue weighted by Gasteiger charge is 2.30. The van der Waals surface area contributed by atoms with Crippen molar-refractivity contribution in [2.75, 3.05) is 68.5 Å². The van der Waals surface area contributed by atoms with Gasteiger partial charge in [0, 0.05) is 63.5 Å². The molecule has 2 aromatic carbocycles. The summed E-state index contributed by atoms with van der Waals surface area (Å²) in [6.45, 7) is 6.47. The smallest absolute Gasteiger partial charge is 0.254 e. The molecule has 0 saturated carbocycles. The number of amides is 2. The van der Waals surface area contributed by atoms with Crippen molar-refractivity contribution in [2.45, 2.75) is 18.1 Å². The maximum absolute atomic E-state index is 13.2. The molecule has 0 spiro atoms. The van der Waals surface area contributed by atoms with Gasteiger partial charge in [0.2, 0.25) is 5.91 Å². The number of benzene rings is 2. The lowest BCUT2D eigenvalue weighted by Gasteiger charge is -2.40. The van der Waals surface area contributed by atoms with Gasteiger partial charge in [0.15, 0.2) is 5.16 Å². The average molecular weight is 616 g/mol. The van der Waals surface area contributed by atoms with Crippen LogP contribution < -0.4 is 14.5 Å². The third kappa shape index (κ3) is 6.99. The molecule has 2 aliphatic heterocycles. The molecule has 12 heteroatoms. The average Bonchev–Trinajstić information content (AvgIpc) is 2.99. The van der Waals surface area contributed by atoms with Gasteiger partial charge >= 0.3 is 0 Å². The maximum atomic E-state index is 13.2. The molecule has 0 radical (unpaired) electrons. The van der Waals surface area contributed by atoms with E-state index in [-0.39, 0.29) is 23.6 Å². The number of rotatable bonds is 7. The molecular formula is C29H32Cl2N6O3S. The van der Waals surface area contributed by atoms with Gasteiger partial charge in [0.1, 0.15) is 16.7 Å². The summed E-state index contributed by atoms with van der Waals surface area (Å²) in [7, 11) is 1.59. The first-order valence-electron chi connectivity index (χ1n) is 13.5. The summed E-state index contributed by atoms with van der Waals surface area (Å²) in [4.78, 5) is 43.2. The SMILES string of the molecule is COc1cccc(C(=O)N2CCN(c3cc(Cl)nc(SCC(=O)N4CCN(c5ccccc5Cl)CC4)n3)CC2C)c1. The van der Waals surface area contributed by atoms with Crippen LogP contribution in [-0.4, -0.2) is 96.3 Å². The van der Waals surface area contributed by atoms with Crippen molar-refractivity contribution in [3.63, 3.8) is 0 Å². The number of carbonyl (C=O) groups excluding carboxylic acids is 2. The molecule has 0 bridgehead atoms. The number of aromatic nitrogens is 2. The monoisotopic (exact) mass is 614 g/mol. The lowest BCUT2D eigenvalue weighted by atomic mass is 10.1. The van der Waals surface area contributed by atoms with Gasteiger partial charge in [0.25, 0.3) is 5.91 Å². The number of thioether (sulfide) groups is 1. The van der Waals surface area contributed by atoms with Crippen molar-refractivity contribution >= 4 is 58.3 Å². The van der Waals surface area contributed by atoms with Gasteiger partial charge in [-0.25, -0.2) is 9.97 Å². The van der Waals surface area contributed by atoms with Gasteiger partial charge in [-0.3, -0.25) is 9.59 Å². The number of ether oxygens (including phenoxy) is 1. The summed E-state index contributed by atoms with van der Waals surface area (Å²) >= 11 is 14.0. The Morgan fingerprint density at radius 3 is 2.44 bits per heavy atom. The standard InChI is InChI=1S/C29H32Cl2N6O3S/c1-20-18-36(14-15-37(20)28(39)21-6-5-7-22(16-21)40-2)26-17-25(31)32-29(33-26)41-19-27(38)35-12-10-34(11-13-35)24-9-4-3-8-23(24)30/h3-9,16-17,20H,10-15,18-19H2,1-2H3. The lowest BCUT2D eigenvalue weighted by Crippen LogP contribution is -2.54. The van der Waals surface area contributed by atoms with Gasteiger partial charge < -0.3 is 24.3 Å². The van der Waals surface area contributed by atoms with Crippen LogP contribution in [0.4, 0.5) is 11.5 Å². The van der Waals surface area contributed by atoms with Crippen molar-refractivity contribution in [2.24, 2.45) is 0 Å². The number of nitrogens with zero attached hydrogens (tertiary/aromatic N) is 6. The fourth-order valence-electron chi connectivity index (χ4n) is 5.12. The Balaban J connectivity index is 1.15. The normalized spacial score (nSPS) is 17.5. The van der Waals surface area contributed by atoms with E-state index in [0.29, 0.717) is 60.2 Å². The number of hydrogen-bond acceptors (Lipinski definition) is 8. The largest absolute Gasteiger partial charge is 0.497 e. The highest BCUT2D eigenvalue weighted by molar-refractivity contribution is 7.99. The molecule has 5 rings (SSSR count). The van der Waals surface area contributed by atoms with Crippen LogP contribution in [-0.2, 0) is 4.79 Å². The number of methoxy groups -OCH3 is 1. The molecule has 1 unspecified atom stereocenters. The Morgan fingerprint density at radius 2 is 1.71 bits per heavy atom. The summed E-state index contributed by atoms with van der Waals surface area (Å²) in [5.74, 6) is 1.58. The second-order valence-corrected chi connectivity index (χ2v) is 11.7. The highest BCUT2D eigenvalue weighted by atomic mass is 35.5. The number of hydrogen-bond donors (Lipinski definition) is 0. The number of piperazine rings is 2. The van der Waals surface area contributed by atoms with E-state index in [4.69, 9.17) is 32.9 Å². The molecule has 9 nitrogen and oxygen atoms in total. The van der Waals surface area contributed by atoms with Crippen LogP contribution in [0.3, 0.4) is 0 Å². The number of halogens is 2. The first-order valence-corrected chi connectivity index (χ1v) is 15.2. The van der Waals surface area contributed by atoms with Crippen molar-refractivity contribution in [1.82, 2.24) is 19.8 Å². The van der Waals surface area contributed by atoms with Crippen LogP contribution in [0.15, 0.2) is 59.8 Å². The van der Waals surface area contributed by atoms with Crippen LogP contribution in [0.2, 0.25) is 10.2 Å². The third-order valence-electron chi connectivity index (χ3n) is 7.34. The summed E-state index contributed by atoms with van der Waals surface area (Å²) in [6.07, 6.45) is 0. The second-order valence-electron chi connectivity index (χ2n) is 9.96. The van der Waals surface area contributed by atoms with E-state index < -0.39 is 0 Å². The zero-order chi connectivity index (χ0) is 28.9. The van der Waals surface area contributed by atoms with E-state index in [1.807, 2.05) is 53.1 Å². The van der Waals surface area contributed by atoms with Crippen LogP contribution >= 0.6 is 35.0 Å². The molecule has 1 aromatic heterocycles. The number of para-hydroxylation sites is 1. The predicted molar refractivity (Wildman–Crippen MR) is 164 cm³/mol. The minimum Gasteiger partial charge on any atom is -0.497 e. The highest BCUT2D eigenvalue weighted by Crippen LogP contribution is 2.28. The predicted octanol–water partition coefficient (Wildman–Crippen LogP) is 4.58. The fourth-order valence-corrected chi connectivity index (χ4v) is 6.36. The van der Waals surface area contributed by atoms with E-state index in [2.05, 4.69) is 14.8 Å². The Bertz CT molecular complexity index is 1400. The second kappa shape index (κ2) is 13.2. The first-order chi connectivity index (χ1) is 19.8. The van der Waals surface area contributed by atoms with Gasteiger partial charge in [-0.1, -0.05) is 53.2 Å². The van der Waals surface area contributed by atoms with Crippen molar-refractivity contribution < 1.29 is 14.3 Å². The van der Waals surface area contributed by atoms with Crippen LogP contribution in [0.5, 0.6) is 5.75 Å². The molecule has 3 aromatic rings. The quantitative estimate of drug-likeness (QED) is 0.217. The van der Waals surface area contributed by atoms with Crippen LogP contribution in [0.25, 0.3) is 0 Å². The molecule has 2 aliphatic rings. The Kier molecular flexibility index (Phi) is 9.42. The molecule has 2 amide bonds. The molecule has 0 aliphatic carbocycles. The van der Waals surface area contributed by atoms with Gasteiger partial charge in [0.05, 0.1) is 23.6 Å². The Morgan fingerprint density at radius 1 is 0.951 bits per heavy atom. The molecule has 41 heavy (non-hydrogen) atoms. The van der Waals surface area contributed by atoms with Crippen molar-refractivity contribution in [3.05, 3.63) is 70.3 Å². The minimum atomic E-state index is -0.0432. The van der Waals surface area contributed by atoms with E-state index in [0.717, 1.165) is 23.8 Å². The fraction of sp³-hybridized carbons (Fsp3) is 0.379. The molecule has 2 fully saturated rings. The molecular weight excluding hydrogens is 583 g/mol. The van der Waals surface area contributed by atoms with E-state index in [1.165, 1.54) is 11.8 Å². The van der Waals surface area contributed by atoms with Gasteiger partial charge in [-0.05, 0) is 37.3 Å². The number of carbonyl (C=O) groups is 2. The topological polar surface area (TPSA) is 82.1 Å². The zero-order valence-electron chi connectivity index (χ0n) is 23.0. The molecule has 1 atom stereocenters. The molecule has 2 saturated heterocycles. The first kappa shape index (κ1) is 29.3. The Hall–Kier alpha value is -3.21. The minimum absolute atomic E-state index is 0.0285. The summed E-state index contributed by atoms with van der Waals surface area (Å²) in [5.41, 5.74) is 1.60.